The second-order valence-electron chi connectivity index (χ2n) is 6.59. The van der Waals surface area contributed by atoms with Crippen molar-refractivity contribution in [2.45, 2.75) is 38.9 Å². The lowest BCUT2D eigenvalue weighted by molar-refractivity contribution is 0.134. The maximum absolute atomic E-state index is 5.54. The van der Waals surface area contributed by atoms with Gasteiger partial charge in [0.25, 0.3) is 0 Å². The number of nitrogens with zero attached hydrogens (tertiary/aromatic N) is 4. The highest BCUT2D eigenvalue weighted by Crippen LogP contribution is 2.25. The lowest BCUT2D eigenvalue weighted by atomic mass is 9.96. The van der Waals surface area contributed by atoms with Crippen molar-refractivity contribution in [1.29, 1.82) is 0 Å². The molecule has 2 aliphatic heterocycles. The molecule has 6 nitrogen and oxygen atoms in total. The minimum Gasteiger partial charge on any atom is -0.380 e. The summed E-state index contributed by atoms with van der Waals surface area (Å²) in [7, 11) is 0. The number of aryl methyl sites for hydroxylation is 1. The number of anilines is 1. The zero-order chi connectivity index (χ0) is 16.4. The van der Waals surface area contributed by atoms with Crippen molar-refractivity contribution < 1.29 is 4.74 Å². The first-order chi connectivity index (χ1) is 11.8. The number of nitrogens with one attached hydrogen (secondary N) is 1. The van der Waals surface area contributed by atoms with E-state index in [4.69, 9.17) is 4.74 Å². The predicted molar refractivity (Wildman–Crippen MR) is 91.7 cm³/mol. The van der Waals surface area contributed by atoms with E-state index in [1.165, 1.54) is 16.7 Å². The maximum atomic E-state index is 5.54. The molecule has 1 saturated heterocycles. The van der Waals surface area contributed by atoms with Gasteiger partial charge in [0.1, 0.15) is 5.82 Å². The van der Waals surface area contributed by atoms with Crippen molar-refractivity contribution in [1.82, 2.24) is 20.1 Å². The molecule has 0 radical (unpaired) electrons. The molecule has 2 aromatic heterocycles. The van der Waals surface area contributed by atoms with E-state index in [9.17, 15) is 0 Å². The molecular weight excluding hydrogens is 302 g/mol. The van der Waals surface area contributed by atoms with Crippen LogP contribution in [0.25, 0.3) is 0 Å². The number of rotatable bonds is 4. The van der Waals surface area contributed by atoms with Gasteiger partial charge in [0.2, 0.25) is 0 Å². The third-order valence-corrected chi connectivity index (χ3v) is 4.94. The minimum absolute atomic E-state index is 0.572. The molecule has 4 heterocycles. The molecule has 2 aliphatic rings. The van der Waals surface area contributed by atoms with Gasteiger partial charge in [0, 0.05) is 44.7 Å². The lowest BCUT2D eigenvalue weighted by Crippen LogP contribution is -2.40. The molecule has 126 valence electrons. The van der Waals surface area contributed by atoms with E-state index in [0.717, 1.165) is 57.2 Å². The van der Waals surface area contributed by atoms with Gasteiger partial charge in [-0.25, -0.2) is 0 Å². The largest absolute Gasteiger partial charge is 0.380 e. The highest BCUT2D eigenvalue weighted by molar-refractivity contribution is 5.39. The average Bonchev–Trinajstić information content (AvgIpc) is 3.15. The molecule has 1 N–H and O–H groups in total. The molecule has 4 rings (SSSR count). The zero-order valence-electron chi connectivity index (χ0n) is 14.0. The summed E-state index contributed by atoms with van der Waals surface area (Å²) in [4.78, 5) is 6.99. The van der Waals surface area contributed by atoms with Crippen LogP contribution in [0.3, 0.4) is 0 Å². The lowest BCUT2D eigenvalue weighted by Gasteiger charge is -2.33. The second kappa shape index (κ2) is 6.83. The molecule has 0 unspecified atom stereocenters. The number of aromatic nitrogens is 3. The summed E-state index contributed by atoms with van der Waals surface area (Å²) in [6, 6.07) is 4.51. The summed E-state index contributed by atoms with van der Waals surface area (Å²) in [5.74, 6) is 0.804. The standard InChI is InChI=1S/C18H23N5O/c1-13-2-3-18(22-21-13)20-10-14-8-19-9-15-11-23(6-4-17(14)15)16-5-7-24-12-16/h2-3,8-9,16H,4-7,10-12H2,1H3,(H,20,22)/t16-/m0/s1. The third kappa shape index (κ3) is 3.25. The molecule has 0 aromatic carbocycles. The van der Waals surface area contributed by atoms with Gasteiger partial charge in [0.05, 0.1) is 12.3 Å². The highest BCUT2D eigenvalue weighted by Gasteiger charge is 2.27. The normalized spacial score (nSPS) is 20.8. The van der Waals surface area contributed by atoms with Gasteiger partial charge in [-0.2, -0.15) is 5.10 Å². The molecule has 0 aliphatic carbocycles. The molecule has 2 aromatic rings. The van der Waals surface area contributed by atoms with Gasteiger partial charge in [-0.15, -0.1) is 5.10 Å². The molecular formula is C18H23N5O. The maximum Gasteiger partial charge on any atom is 0.148 e. The SMILES string of the molecule is Cc1ccc(NCc2cncc3c2CCN([C@H]2CCOC2)C3)nn1. The quantitative estimate of drug-likeness (QED) is 0.927. The first-order valence-electron chi connectivity index (χ1n) is 8.60. The third-order valence-electron chi connectivity index (χ3n) is 4.94. The van der Waals surface area contributed by atoms with E-state index in [-0.39, 0.29) is 0 Å². The minimum atomic E-state index is 0.572. The van der Waals surface area contributed by atoms with Crippen molar-refractivity contribution in [2.24, 2.45) is 0 Å². The second-order valence-corrected chi connectivity index (χ2v) is 6.59. The summed E-state index contributed by atoms with van der Waals surface area (Å²) in [5, 5.41) is 11.6. The van der Waals surface area contributed by atoms with E-state index in [1.807, 2.05) is 31.5 Å². The predicted octanol–water partition coefficient (Wildman–Crippen LogP) is 1.94. The Kier molecular flexibility index (Phi) is 4.40. The highest BCUT2D eigenvalue weighted by atomic mass is 16.5. The van der Waals surface area contributed by atoms with Crippen LogP contribution < -0.4 is 5.32 Å². The van der Waals surface area contributed by atoms with Crippen molar-refractivity contribution >= 4 is 5.82 Å². The van der Waals surface area contributed by atoms with Gasteiger partial charge in [-0.1, -0.05) is 0 Å². The Labute approximate surface area is 142 Å². The van der Waals surface area contributed by atoms with Gasteiger partial charge < -0.3 is 10.1 Å². The van der Waals surface area contributed by atoms with Crippen LogP contribution in [0.15, 0.2) is 24.5 Å². The van der Waals surface area contributed by atoms with Crippen LogP contribution in [0.1, 0.15) is 28.8 Å². The Balaban J connectivity index is 1.46. The van der Waals surface area contributed by atoms with Crippen LogP contribution in [0.5, 0.6) is 0 Å². The van der Waals surface area contributed by atoms with Crippen LogP contribution in [0.2, 0.25) is 0 Å². The molecule has 1 atom stereocenters. The number of hydrogen-bond donors (Lipinski definition) is 1. The molecule has 1 fully saturated rings. The Bertz CT molecular complexity index is 697. The smallest absolute Gasteiger partial charge is 0.148 e. The van der Waals surface area contributed by atoms with Crippen LogP contribution in [-0.4, -0.2) is 45.9 Å². The van der Waals surface area contributed by atoms with Crippen molar-refractivity contribution in [3.05, 3.63) is 46.9 Å². The topological polar surface area (TPSA) is 63.2 Å². The molecule has 0 saturated carbocycles. The van der Waals surface area contributed by atoms with Gasteiger partial charge in [0.15, 0.2) is 0 Å². The van der Waals surface area contributed by atoms with Crippen molar-refractivity contribution in [3.8, 4) is 0 Å². The average molecular weight is 325 g/mol. The molecule has 0 spiro atoms. The van der Waals surface area contributed by atoms with Crippen LogP contribution in [0, 0.1) is 6.92 Å². The molecule has 0 amide bonds. The summed E-state index contributed by atoms with van der Waals surface area (Å²) in [6.45, 7) is 6.52. The summed E-state index contributed by atoms with van der Waals surface area (Å²) >= 11 is 0. The number of fused-ring (bicyclic) bond motifs is 1. The Morgan fingerprint density at radius 1 is 1.29 bits per heavy atom. The van der Waals surface area contributed by atoms with E-state index >= 15 is 0 Å². The fourth-order valence-electron chi connectivity index (χ4n) is 3.54. The van der Waals surface area contributed by atoms with E-state index in [2.05, 4.69) is 25.4 Å². The Morgan fingerprint density at radius 2 is 2.25 bits per heavy atom. The monoisotopic (exact) mass is 325 g/mol. The molecule has 24 heavy (non-hydrogen) atoms. The Hall–Kier alpha value is -2.05. The van der Waals surface area contributed by atoms with E-state index < -0.39 is 0 Å². The number of ether oxygens (including phenoxy) is 1. The fraction of sp³-hybridized carbons (Fsp3) is 0.500. The van der Waals surface area contributed by atoms with Gasteiger partial charge in [-0.05, 0) is 48.6 Å². The summed E-state index contributed by atoms with van der Waals surface area (Å²) < 4.78 is 5.54. The van der Waals surface area contributed by atoms with Crippen LogP contribution in [-0.2, 0) is 24.2 Å². The number of hydrogen-bond acceptors (Lipinski definition) is 6. The number of pyridine rings is 1. The van der Waals surface area contributed by atoms with Crippen LogP contribution >= 0.6 is 0 Å². The summed E-state index contributed by atoms with van der Waals surface area (Å²) in [5.41, 5.74) is 4.97. The Morgan fingerprint density at radius 3 is 3.04 bits per heavy atom. The van der Waals surface area contributed by atoms with Crippen molar-refractivity contribution in [2.75, 3.05) is 25.1 Å². The molecule has 0 bridgehead atoms. The first kappa shape index (κ1) is 15.5. The van der Waals surface area contributed by atoms with Crippen molar-refractivity contribution in [3.63, 3.8) is 0 Å². The van der Waals surface area contributed by atoms with Gasteiger partial charge in [-0.3, -0.25) is 9.88 Å². The van der Waals surface area contributed by atoms with Crippen LogP contribution in [0.4, 0.5) is 5.82 Å². The first-order valence-corrected chi connectivity index (χ1v) is 8.60. The fourth-order valence-corrected chi connectivity index (χ4v) is 3.54. The molecule has 6 heteroatoms. The van der Waals surface area contributed by atoms with E-state index in [0.29, 0.717) is 6.04 Å². The summed E-state index contributed by atoms with van der Waals surface area (Å²) in [6.07, 6.45) is 6.22. The van der Waals surface area contributed by atoms with Gasteiger partial charge >= 0.3 is 0 Å². The van der Waals surface area contributed by atoms with E-state index in [1.54, 1.807) is 0 Å². The zero-order valence-corrected chi connectivity index (χ0v) is 14.0.